The standard InChI is InChI=1S/C14H19N5O.2ClH/c1-10-2-5-19(11(8-10)9-15)14(20)12-13-17-4-7-18(13)6-3-16-12;;/h3-4,6-7,10-11H,2,5,8-9,15H2,1H3;2*1H. The lowest BCUT2D eigenvalue weighted by Crippen LogP contribution is -2.49. The molecule has 0 radical (unpaired) electrons. The molecule has 6 nitrogen and oxygen atoms in total. The maximum Gasteiger partial charge on any atom is 0.276 e. The molecule has 2 N–H and O–H groups in total. The number of nitrogens with two attached hydrogens (primary N) is 1. The number of amides is 1. The average molecular weight is 346 g/mol. The van der Waals surface area contributed by atoms with E-state index in [9.17, 15) is 4.79 Å². The second kappa shape index (κ2) is 7.76. The molecule has 2 aromatic rings. The van der Waals surface area contributed by atoms with E-state index in [0.717, 1.165) is 19.4 Å². The van der Waals surface area contributed by atoms with Crippen LogP contribution in [0.3, 0.4) is 0 Å². The predicted molar refractivity (Wildman–Crippen MR) is 89.8 cm³/mol. The first-order chi connectivity index (χ1) is 9.70. The fraction of sp³-hybridized carbons (Fsp3) is 0.500. The highest BCUT2D eigenvalue weighted by Gasteiger charge is 2.31. The van der Waals surface area contributed by atoms with Gasteiger partial charge in [0.05, 0.1) is 0 Å². The summed E-state index contributed by atoms with van der Waals surface area (Å²) in [6, 6.07) is 0.100. The van der Waals surface area contributed by atoms with E-state index in [-0.39, 0.29) is 36.8 Å². The molecule has 1 fully saturated rings. The van der Waals surface area contributed by atoms with Crippen molar-refractivity contribution in [3.8, 4) is 0 Å². The van der Waals surface area contributed by atoms with Crippen LogP contribution in [-0.2, 0) is 0 Å². The number of imidazole rings is 1. The van der Waals surface area contributed by atoms with Crippen LogP contribution in [0.4, 0.5) is 0 Å². The number of hydrogen-bond donors (Lipinski definition) is 1. The van der Waals surface area contributed by atoms with Crippen LogP contribution in [0.5, 0.6) is 0 Å². The summed E-state index contributed by atoms with van der Waals surface area (Å²) in [6.07, 6.45) is 8.88. The third kappa shape index (κ3) is 3.34. The summed E-state index contributed by atoms with van der Waals surface area (Å²) in [5, 5.41) is 0. The number of likely N-dealkylation sites (tertiary alicyclic amines) is 1. The molecule has 122 valence electrons. The molecular formula is C14H21Cl2N5O. The summed E-state index contributed by atoms with van der Waals surface area (Å²) in [5.41, 5.74) is 6.84. The quantitative estimate of drug-likeness (QED) is 0.899. The van der Waals surface area contributed by atoms with Crippen molar-refractivity contribution >= 4 is 36.4 Å². The Kier molecular flexibility index (Phi) is 6.59. The number of fused-ring (bicyclic) bond motifs is 1. The minimum Gasteiger partial charge on any atom is -0.333 e. The molecule has 0 aliphatic carbocycles. The van der Waals surface area contributed by atoms with E-state index >= 15 is 0 Å². The zero-order chi connectivity index (χ0) is 14.1. The van der Waals surface area contributed by atoms with Crippen molar-refractivity contribution in [3.63, 3.8) is 0 Å². The van der Waals surface area contributed by atoms with Gasteiger partial charge in [-0.25, -0.2) is 9.97 Å². The van der Waals surface area contributed by atoms with Crippen LogP contribution in [0, 0.1) is 5.92 Å². The van der Waals surface area contributed by atoms with Gasteiger partial charge in [0.2, 0.25) is 0 Å². The molecule has 1 aliphatic heterocycles. The molecule has 2 atom stereocenters. The first kappa shape index (κ1) is 18.7. The number of carbonyl (C=O) groups is 1. The zero-order valence-corrected chi connectivity index (χ0v) is 14.0. The van der Waals surface area contributed by atoms with Crippen LogP contribution in [0.2, 0.25) is 0 Å². The van der Waals surface area contributed by atoms with Gasteiger partial charge in [0, 0.05) is 43.9 Å². The van der Waals surface area contributed by atoms with Gasteiger partial charge in [-0.05, 0) is 18.8 Å². The van der Waals surface area contributed by atoms with Crippen molar-refractivity contribution in [2.45, 2.75) is 25.8 Å². The highest BCUT2D eigenvalue weighted by Crippen LogP contribution is 2.23. The molecule has 8 heteroatoms. The average Bonchev–Trinajstić information content (AvgIpc) is 2.94. The van der Waals surface area contributed by atoms with Crippen molar-refractivity contribution in [2.24, 2.45) is 11.7 Å². The molecule has 3 rings (SSSR count). The van der Waals surface area contributed by atoms with Crippen molar-refractivity contribution in [2.75, 3.05) is 13.1 Å². The van der Waals surface area contributed by atoms with Gasteiger partial charge in [0.25, 0.3) is 5.91 Å². The smallest absolute Gasteiger partial charge is 0.276 e. The summed E-state index contributed by atoms with van der Waals surface area (Å²) >= 11 is 0. The molecule has 2 aromatic heterocycles. The van der Waals surface area contributed by atoms with Gasteiger partial charge in [-0.3, -0.25) is 4.79 Å². The Morgan fingerprint density at radius 3 is 2.68 bits per heavy atom. The van der Waals surface area contributed by atoms with Crippen molar-refractivity contribution in [3.05, 3.63) is 30.5 Å². The third-order valence-corrected chi connectivity index (χ3v) is 4.02. The van der Waals surface area contributed by atoms with E-state index in [2.05, 4.69) is 16.9 Å². The van der Waals surface area contributed by atoms with Crippen LogP contribution >= 0.6 is 24.8 Å². The normalized spacial score (nSPS) is 21.1. The van der Waals surface area contributed by atoms with Gasteiger partial charge in [-0.1, -0.05) is 6.92 Å². The largest absolute Gasteiger partial charge is 0.333 e. The molecule has 1 aliphatic rings. The Morgan fingerprint density at radius 2 is 2.00 bits per heavy atom. The lowest BCUT2D eigenvalue weighted by Gasteiger charge is -2.37. The molecule has 1 saturated heterocycles. The maximum atomic E-state index is 12.7. The summed E-state index contributed by atoms with van der Waals surface area (Å²) in [6.45, 7) is 3.44. The van der Waals surface area contributed by atoms with Crippen molar-refractivity contribution in [1.82, 2.24) is 19.3 Å². The van der Waals surface area contributed by atoms with Crippen LogP contribution in [0.25, 0.3) is 5.65 Å². The van der Waals surface area contributed by atoms with Crippen molar-refractivity contribution in [1.29, 1.82) is 0 Å². The molecule has 22 heavy (non-hydrogen) atoms. The molecule has 3 heterocycles. The molecule has 1 amide bonds. The van der Waals surface area contributed by atoms with Crippen LogP contribution in [-0.4, -0.2) is 44.3 Å². The number of hydrogen-bond acceptors (Lipinski definition) is 4. The highest BCUT2D eigenvalue weighted by molar-refractivity contribution is 5.98. The van der Waals surface area contributed by atoms with E-state index in [1.165, 1.54) is 0 Å². The second-order valence-electron chi connectivity index (χ2n) is 5.45. The van der Waals surface area contributed by atoms with Crippen LogP contribution in [0.15, 0.2) is 24.8 Å². The van der Waals surface area contributed by atoms with Gasteiger partial charge < -0.3 is 15.0 Å². The Morgan fingerprint density at radius 1 is 1.32 bits per heavy atom. The SMILES string of the molecule is CC1CCN(C(=O)c2nccn3ccnc23)C(CN)C1.Cl.Cl. The maximum absolute atomic E-state index is 12.7. The topological polar surface area (TPSA) is 76.5 Å². The summed E-state index contributed by atoms with van der Waals surface area (Å²) in [4.78, 5) is 23.0. The number of carbonyl (C=O) groups excluding carboxylic acids is 1. The molecule has 2 unspecified atom stereocenters. The van der Waals surface area contributed by atoms with E-state index in [1.54, 1.807) is 18.6 Å². The fourth-order valence-corrected chi connectivity index (χ4v) is 2.88. The molecule has 0 aromatic carbocycles. The first-order valence-electron chi connectivity index (χ1n) is 6.99. The Labute approximate surface area is 141 Å². The van der Waals surface area contributed by atoms with E-state index < -0.39 is 0 Å². The van der Waals surface area contributed by atoms with Gasteiger partial charge in [0.1, 0.15) is 0 Å². The number of halogens is 2. The highest BCUT2D eigenvalue weighted by atomic mass is 35.5. The van der Waals surface area contributed by atoms with E-state index in [1.807, 2.05) is 15.5 Å². The second-order valence-corrected chi connectivity index (χ2v) is 5.45. The predicted octanol–water partition coefficient (Wildman–Crippen LogP) is 1.77. The molecule has 0 saturated carbocycles. The summed E-state index contributed by atoms with van der Waals surface area (Å²) in [5.74, 6) is 0.548. The molecule has 0 spiro atoms. The number of aromatic nitrogens is 3. The van der Waals surface area contributed by atoms with Gasteiger partial charge >= 0.3 is 0 Å². The number of piperidine rings is 1. The van der Waals surface area contributed by atoms with Crippen LogP contribution in [0.1, 0.15) is 30.3 Å². The van der Waals surface area contributed by atoms with E-state index in [0.29, 0.717) is 23.8 Å². The van der Waals surface area contributed by atoms with Gasteiger partial charge in [-0.2, -0.15) is 0 Å². The lowest BCUT2D eigenvalue weighted by atomic mass is 9.92. The fourth-order valence-electron chi connectivity index (χ4n) is 2.88. The third-order valence-electron chi connectivity index (χ3n) is 4.02. The number of nitrogens with zero attached hydrogens (tertiary/aromatic N) is 4. The monoisotopic (exact) mass is 345 g/mol. The Balaban J connectivity index is 0.00000121. The summed E-state index contributed by atoms with van der Waals surface area (Å²) < 4.78 is 1.81. The lowest BCUT2D eigenvalue weighted by molar-refractivity contribution is 0.0569. The number of rotatable bonds is 2. The van der Waals surface area contributed by atoms with Crippen molar-refractivity contribution < 1.29 is 4.79 Å². The molecular weight excluding hydrogens is 325 g/mol. The summed E-state index contributed by atoms with van der Waals surface area (Å²) in [7, 11) is 0. The van der Waals surface area contributed by atoms with E-state index in [4.69, 9.17) is 5.73 Å². The van der Waals surface area contributed by atoms with Gasteiger partial charge in [-0.15, -0.1) is 24.8 Å². The zero-order valence-electron chi connectivity index (χ0n) is 12.4. The minimum atomic E-state index is -0.0656. The first-order valence-corrected chi connectivity index (χ1v) is 6.99. The minimum absolute atomic E-state index is 0. The van der Waals surface area contributed by atoms with Gasteiger partial charge in [0.15, 0.2) is 11.3 Å². The Hall–Kier alpha value is -1.37. The van der Waals surface area contributed by atoms with Crippen LogP contribution < -0.4 is 5.73 Å². The Bertz CT molecular complexity index is 632. The molecule has 0 bridgehead atoms.